The molecule has 2 aliphatic heterocycles. The highest BCUT2D eigenvalue weighted by atomic mass is 16.5. The smallest absolute Gasteiger partial charge is 0.321 e. The summed E-state index contributed by atoms with van der Waals surface area (Å²) in [5.74, 6) is 1.34. The maximum Gasteiger partial charge on any atom is 0.321 e. The molecule has 1 unspecified atom stereocenters. The van der Waals surface area contributed by atoms with Crippen molar-refractivity contribution < 1.29 is 14.1 Å². The van der Waals surface area contributed by atoms with Gasteiger partial charge in [-0.25, -0.2) is 4.79 Å². The van der Waals surface area contributed by atoms with Gasteiger partial charge in [-0.15, -0.1) is 0 Å². The molecule has 4 rings (SSSR count). The fraction of sp³-hybridized carbons (Fsp3) is 0.500. The van der Waals surface area contributed by atoms with E-state index in [0.717, 1.165) is 38.8 Å². The quantitative estimate of drug-likeness (QED) is 0.880. The minimum atomic E-state index is -0.153. The van der Waals surface area contributed by atoms with Crippen molar-refractivity contribution in [1.29, 1.82) is 0 Å². The molecule has 2 aliphatic rings. The van der Waals surface area contributed by atoms with Gasteiger partial charge in [-0.1, -0.05) is 5.16 Å². The van der Waals surface area contributed by atoms with E-state index in [1.807, 2.05) is 4.90 Å². The number of urea groups is 1. The van der Waals surface area contributed by atoms with E-state index in [4.69, 9.17) is 4.52 Å². The summed E-state index contributed by atoms with van der Waals surface area (Å²) in [6, 6.07) is 6.96. The highest BCUT2D eigenvalue weighted by molar-refractivity contribution is 5.95. The molecule has 1 N–H and O–H groups in total. The zero-order valence-electron chi connectivity index (χ0n) is 16.1. The molecule has 8 nitrogen and oxygen atoms in total. The third kappa shape index (κ3) is 4.00. The van der Waals surface area contributed by atoms with E-state index in [1.54, 1.807) is 36.1 Å². The van der Waals surface area contributed by atoms with E-state index >= 15 is 0 Å². The number of carbonyl (C=O) groups is 2. The minimum Gasteiger partial charge on any atom is -0.339 e. The number of hydrogen-bond acceptors (Lipinski definition) is 5. The first-order valence-electron chi connectivity index (χ1n) is 9.85. The predicted molar refractivity (Wildman–Crippen MR) is 103 cm³/mol. The molecule has 28 heavy (non-hydrogen) atoms. The highest BCUT2D eigenvalue weighted by Crippen LogP contribution is 2.26. The number of likely N-dealkylation sites (tertiary alicyclic amines) is 2. The van der Waals surface area contributed by atoms with Crippen LogP contribution >= 0.6 is 0 Å². The zero-order valence-corrected chi connectivity index (χ0v) is 16.1. The molecule has 1 aromatic carbocycles. The van der Waals surface area contributed by atoms with Gasteiger partial charge in [0.2, 0.25) is 5.89 Å². The maximum absolute atomic E-state index is 12.7. The van der Waals surface area contributed by atoms with Gasteiger partial charge in [0.25, 0.3) is 5.91 Å². The summed E-state index contributed by atoms with van der Waals surface area (Å²) in [5.41, 5.74) is 1.34. The molecule has 1 atom stereocenters. The van der Waals surface area contributed by atoms with E-state index in [0.29, 0.717) is 36.1 Å². The first-order valence-corrected chi connectivity index (χ1v) is 9.85. The van der Waals surface area contributed by atoms with Crippen LogP contribution in [0.4, 0.5) is 10.5 Å². The third-order valence-electron chi connectivity index (χ3n) is 5.38. The molecule has 2 fully saturated rings. The van der Waals surface area contributed by atoms with Gasteiger partial charge in [-0.3, -0.25) is 4.79 Å². The van der Waals surface area contributed by atoms with Crippen molar-refractivity contribution in [3.05, 3.63) is 41.5 Å². The van der Waals surface area contributed by atoms with Gasteiger partial charge >= 0.3 is 6.03 Å². The van der Waals surface area contributed by atoms with Crippen LogP contribution in [-0.2, 0) is 0 Å². The SMILES string of the molecule is Cc1noc(C2CCCN(C(=O)Nc3ccc(C(=O)N4CCCC4)cc3)C2)n1. The number of carbonyl (C=O) groups excluding carboxylic acids is 2. The Kier molecular flexibility index (Phi) is 5.27. The first-order chi connectivity index (χ1) is 13.6. The number of nitrogens with one attached hydrogen (secondary N) is 1. The lowest BCUT2D eigenvalue weighted by molar-refractivity contribution is 0.0793. The normalized spacial score (nSPS) is 19.7. The molecule has 3 amide bonds. The Morgan fingerprint density at radius 1 is 1.07 bits per heavy atom. The largest absolute Gasteiger partial charge is 0.339 e. The Bertz CT molecular complexity index is 842. The topological polar surface area (TPSA) is 91.6 Å². The molecule has 148 valence electrons. The third-order valence-corrected chi connectivity index (χ3v) is 5.38. The molecule has 2 saturated heterocycles. The molecule has 1 aromatic heterocycles. The highest BCUT2D eigenvalue weighted by Gasteiger charge is 2.28. The van der Waals surface area contributed by atoms with Gasteiger partial charge in [0.1, 0.15) is 0 Å². The molecular formula is C20H25N5O3. The first kappa shape index (κ1) is 18.5. The van der Waals surface area contributed by atoms with Gasteiger partial charge in [0.15, 0.2) is 5.82 Å². The second kappa shape index (κ2) is 8.00. The minimum absolute atomic E-state index is 0.0594. The van der Waals surface area contributed by atoms with Crippen LogP contribution in [0, 0.1) is 6.92 Å². The molecule has 2 aromatic rings. The van der Waals surface area contributed by atoms with E-state index in [-0.39, 0.29) is 17.9 Å². The van der Waals surface area contributed by atoms with Gasteiger partial charge in [0.05, 0.1) is 5.92 Å². The van der Waals surface area contributed by atoms with Crippen LogP contribution in [0.25, 0.3) is 0 Å². The van der Waals surface area contributed by atoms with Gasteiger partial charge in [0, 0.05) is 37.4 Å². The van der Waals surface area contributed by atoms with Crippen molar-refractivity contribution in [1.82, 2.24) is 19.9 Å². The molecule has 0 aliphatic carbocycles. The van der Waals surface area contributed by atoms with Crippen molar-refractivity contribution in [2.45, 2.75) is 38.5 Å². The standard InChI is InChI=1S/C20H25N5O3/c1-14-21-18(28-23-14)16-5-4-12-25(13-16)20(27)22-17-8-6-15(7-9-17)19(26)24-10-2-3-11-24/h6-9,16H,2-5,10-13H2,1H3,(H,22,27). The number of benzene rings is 1. The number of piperidine rings is 1. The number of aryl methyl sites for hydroxylation is 1. The number of anilines is 1. The Hall–Kier alpha value is -2.90. The number of hydrogen-bond donors (Lipinski definition) is 1. The van der Waals surface area contributed by atoms with E-state index in [1.165, 1.54) is 0 Å². The van der Waals surface area contributed by atoms with Crippen molar-refractivity contribution in [2.24, 2.45) is 0 Å². The monoisotopic (exact) mass is 383 g/mol. The van der Waals surface area contributed by atoms with Crippen molar-refractivity contribution in [2.75, 3.05) is 31.5 Å². The average Bonchev–Trinajstić information content (AvgIpc) is 3.40. The fourth-order valence-corrected chi connectivity index (χ4v) is 3.84. The fourth-order valence-electron chi connectivity index (χ4n) is 3.84. The second-order valence-corrected chi connectivity index (χ2v) is 7.47. The Balaban J connectivity index is 1.35. The summed E-state index contributed by atoms with van der Waals surface area (Å²) in [5, 5.41) is 6.76. The summed E-state index contributed by atoms with van der Waals surface area (Å²) in [6.07, 6.45) is 3.96. The predicted octanol–water partition coefficient (Wildman–Crippen LogP) is 3.03. The van der Waals surface area contributed by atoms with Crippen molar-refractivity contribution >= 4 is 17.6 Å². The number of nitrogens with zero attached hydrogens (tertiary/aromatic N) is 4. The Morgan fingerprint density at radius 3 is 2.46 bits per heavy atom. The van der Waals surface area contributed by atoms with Crippen molar-refractivity contribution in [3.8, 4) is 0 Å². The van der Waals surface area contributed by atoms with Crippen LogP contribution < -0.4 is 5.32 Å². The zero-order chi connectivity index (χ0) is 19.5. The molecule has 8 heteroatoms. The summed E-state index contributed by atoms with van der Waals surface area (Å²) >= 11 is 0. The van der Waals surface area contributed by atoms with Crippen LogP contribution in [0.3, 0.4) is 0 Å². The van der Waals surface area contributed by atoms with Crippen LogP contribution in [0.15, 0.2) is 28.8 Å². The van der Waals surface area contributed by atoms with Gasteiger partial charge < -0.3 is 19.6 Å². The van der Waals surface area contributed by atoms with Gasteiger partial charge in [-0.2, -0.15) is 4.98 Å². The molecular weight excluding hydrogens is 358 g/mol. The van der Waals surface area contributed by atoms with Crippen LogP contribution in [0.2, 0.25) is 0 Å². The van der Waals surface area contributed by atoms with Crippen LogP contribution in [0.1, 0.15) is 53.7 Å². The Labute approximate surface area is 163 Å². The lowest BCUT2D eigenvalue weighted by atomic mass is 9.98. The average molecular weight is 383 g/mol. The lowest BCUT2D eigenvalue weighted by Crippen LogP contribution is -2.41. The summed E-state index contributed by atoms with van der Waals surface area (Å²) in [4.78, 5) is 33.0. The lowest BCUT2D eigenvalue weighted by Gasteiger charge is -2.31. The van der Waals surface area contributed by atoms with E-state index in [9.17, 15) is 9.59 Å². The molecule has 0 radical (unpaired) electrons. The summed E-state index contributed by atoms with van der Waals surface area (Å²) < 4.78 is 5.27. The van der Waals surface area contributed by atoms with Crippen molar-refractivity contribution in [3.63, 3.8) is 0 Å². The number of rotatable bonds is 3. The van der Waals surface area contributed by atoms with Crippen LogP contribution in [0.5, 0.6) is 0 Å². The molecule has 0 saturated carbocycles. The molecule has 3 heterocycles. The van der Waals surface area contributed by atoms with Crippen LogP contribution in [-0.4, -0.2) is 58.1 Å². The number of aromatic nitrogens is 2. The molecule has 0 bridgehead atoms. The maximum atomic E-state index is 12.7. The van der Waals surface area contributed by atoms with E-state index < -0.39 is 0 Å². The Morgan fingerprint density at radius 2 is 1.79 bits per heavy atom. The number of amides is 3. The van der Waals surface area contributed by atoms with Gasteiger partial charge in [-0.05, 0) is 56.9 Å². The molecule has 0 spiro atoms. The second-order valence-electron chi connectivity index (χ2n) is 7.47. The summed E-state index contributed by atoms with van der Waals surface area (Å²) in [6.45, 7) is 4.69. The van der Waals surface area contributed by atoms with E-state index in [2.05, 4.69) is 15.5 Å². The summed E-state index contributed by atoms with van der Waals surface area (Å²) in [7, 11) is 0.